The van der Waals surface area contributed by atoms with E-state index in [1.807, 2.05) is 13.8 Å². The summed E-state index contributed by atoms with van der Waals surface area (Å²) in [6.45, 7) is 6.27. The normalized spacial score (nSPS) is 30.8. The van der Waals surface area contributed by atoms with Gasteiger partial charge in [0.1, 0.15) is 5.78 Å². The van der Waals surface area contributed by atoms with Crippen molar-refractivity contribution < 1.29 is 4.79 Å². The highest BCUT2D eigenvalue weighted by Gasteiger charge is 2.57. The maximum Gasteiger partial charge on any atom is 0.139 e. The highest BCUT2D eigenvalue weighted by Crippen LogP contribution is 2.59. The number of nitrogens with one attached hydrogen (secondary N) is 1. The van der Waals surface area contributed by atoms with Crippen LogP contribution in [0.15, 0.2) is 0 Å². The number of carbonyl (C=O) groups excluding carboxylic acids is 1. The van der Waals surface area contributed by atoms with Gasteiger partial charge in [-0.05, 0) is 37.8 Å². The lowest BCUT2D eigenvalue weighted by atomic mass is 9.88. The molecule has 2 aliphatic rings. The molecular formula is C11H19NO. The van der Waals surface area contributed by atoms with Crippen LogP contribution < -0.4 is 5.32 Å². The fourth-order valence-corrected chi connectivity index (χ4v) is 2.63. The number of carbonyl (C=O) groups is 1. The standard InChI is InChI=1S/C11H19NO/c1-8(2)10(13)9-7-11(9)3-5-12-6-4-11/h8-9,12H,3-7H2,1-2H3. The molecule has 2 rings (SSSR count). The fraction of sp³-hybridized carbons (Fsp3) is 0.909. The minimum Gasteiger partial charge on any atom is -0.317 e. The van der Waals surface area contributed by atoms with E-state index >= 15 is 0 Å². The van der Waals surface area contributed by atoms with Crippen LogP contribution in [0.25, 0.3) is 0 Å². The summed E-state index contributed by atoms with van der Waals surface area (Å²) in [6.07, 6.45) is 3.61. The monoisotopic (exact) mass is 181 g/mol. The first-order valence-corrected chi connectivity index (χ1v) is 5.40. The van der Waals surface area contributed by atoms with Gasteiger partial charge in [-0.3, -0.25) is 4.79 Å². The molecule has 1 unspecified atom stereocenters. The van der Waals surface area contributed by atoms with Gasteiger partial charge >= 0.3 is 0 Å². The van der Waals surface area contributed by atoms with Crippen molar-refractivity contribution >= 4 is 5.78 Å². The second kappa shape index (κ2) is 3.09. The van der Waals surface area contributed by atoms with Gasteiger partial charge in [-0.2, -0.15) is 0 Å². The van der Waals surface area contributed by atoms with Crippen LogP contribution in [0, 0.1) is 17.3 Å². The molecule has 1 heterocycles. The topological polar surface area (TPSA) is 29.1 Å². The Kier molecular flexibility index (Phi) is 2.18. The Labute approximate surface area is 80.1 Å². The molecular weight excluding hydrogens is 162 g/mol. The highest BCUT2D eigenvalue weighted by molar-refractivity contribution is 5.86. The van der Waals surface area contributed by atoms with Gasteiger partial charge in [0.05, 0.1) is 0 Å². The van der Waals surface area contributed by atoms with Gasteiger partial charge in [0.2, 0.25) is 0 Å². The van der Waals surface area contributed by atoms with E-state index < -0.39 is 0 Å². The average Bonchev–Trinajstić information content (AvgIpc) is 2.79. The number of hydrogen-bond donors (Lipinski definition) is 1. The van der Waals surface area contributed by atoms with E-state index in [1.54, 1.807) is 0 Å². The smallest absolute Gasteiger partial charge is 0.139 e. The minimum atomic E-state index is 0.235. The summed E-state index contributed by atoms with van der Waals surface area (Å²) in [5.41, 5.74) is 0.437. The van der Waals surface area contributed by atoms with Crippen molar-refractivity contribution in [2.75, 3.05) is 13.1 Å². The van der Waals surface area contributed by atoms with Crippen LogP contribution in [0.3, 0.4) is 0 Å². The zero-order chi connectivity index (χ0) is 9.47. The third kappa shape index (κ3) is 1.52. The molecule has 13 heavy (non-hydrogen) atoms. The first-order chi connectivity index (χ1) is 6.16. The van der Waals surface area contributed by atoms with Crippen LogP contribution in [-0.2, 0) is 4.79 Å². The van der Waals surface area contributed by atoms with Crippen LogP contribution in [0.4, 0.5) is 0 Å². The molecule has 1 aliphatic heterocycles. The molecule has 2 nitrogen and oxygen atoms in total. The number of rotatable bonds is 2. The molecule has 1 aliphatic carbocycles. The first kappa shape index (κ1) is 9.20. The largest absolute Gasteiger partial charge is 0.317 e. The Morgan fingerprint density at radius 2 is 2.00 bits per heavy atom. The third-order valence-corrected chi connectivity index (χ3v) is 3.70. The fourth-order valence-electron chi connectivity index (χ4n) is 2.63. The Hall–Kier alpha value is -0.370. The van der Waals surface area contributed by atoms with Crippen LogP contribution in [0.5, 0.6) is 0 Å². The van der Waals surface area contributed by atoms with E-state index in [1.165, 1.54) is 19.3 Å². The molecule has 0 aromatic rings. The summed E-state index contributed by atoms with van der Waals surface area (Å²) in [4.78, 5) is 11.8. The summed E-state index contributed by atoms with van der Waals surface area (Å²) in [6, 6.07) is 0. The van der Waals surface area contributed by atoms with Crippen molar-refractivity contribution in [3.63, 3.8) is 0 Å². The second-order valence-electron chi connectivity index (χ2n) is 4.93. The highest BCUT2D eigenvalue weighted by atomic mass is 16.1. The van der Waals surface area contributed by atoms with Gasteiger partial charge in [-0.25, -0.2) is 0 Å². The van der Waals surface area contributed by atoms with Crippen LogP contribution >= 0.6 is 0 Å². The van der Waals surface area contributed by atoms with Crippen molar-refractivity contribution in [2.24, 2.45) is 17.3 Å². The third-order valence-electron chi connectivity index (χ3n) is 3.70. The molecule has 1 N–H and O–H groups in total. The number of piperidine rings is 1. The molecule has 2 fully saturated rings. The number of ketones is 1. The lowest BCUT2D eigenvalue weighted by Gasteiger charge is -2.23. The summed E-state index contributed by atoms with van der Waals surface area (Å²) < 4.78 is 0. The van der Waals surface area contributed by atoms with Crippen molar-refractivity contribution in [1.82, 2.24) is 5.32 Å². The maximum absolute atomic E-state index is 11.8. The van der Waals surface area contributed by atoms with Crippen molar-refractivity contribution in [3.8, 4) is 0 Å². The second-order valence-corrected chi connectivity index (χ2v) is 4.93. The summed E-state index contributed by atoms with van der Waals surface area (Å²) in [7, 11) is 0. The summed E-state index contributed by atoms with van der Waals surface area (Å²) in [5, 5.41) is 3.36. The predicted molar refractivity (Wildman–Crippen MR) is 52.5 cm³/mol. The van der Waals surface area contributed by atoms with E-state index in [0.29, 0.717) is 17.1 Å². The molecule has 1 saturated carbocycles. The number of hydrogen-bond acceptors (Lipinski definition) is 2. The summed E-state index contributed by atoms with van der Waals surface area (Å²) >= 11 is 0. The average molecular weight is 181 g/mol. The van der Waals surface area contributed by atoms with E-state index in [0.717, 1.165) is 13.1 Å². The molecule has 74 valence electrons. The zero-order valence-corrected chi connectivity index (χ0v) is 8.60. The Morgan fingerprint density at radius 3 is 2.54 bits per heavy atom. The predicted octanol–water partition coefficient (Wildman–Crippen LogP) is 1.60. The Morgan fingerprint density at radius 1 is 1.38 bits per heavy atom. The molecule has 0 aromatic carbocycles. The van der Waals surface area contributed by atoms with E-state index in [2.05, 4.69) is 5.32 Å². The van der Waals surface area contributed by atoms with Crippen LogP contribution in [0.1, 0.15) is 33.1 Å². The SMILES string of the molecule is CC(C)C(=O)C1CC12CCNCC2. The Bertz CT molecular complexity index is 216. The van der Waals surface area contributed by atoms with E-state index in [-0.39, 0.29) is 5.92 Å². The van der Waals surface area contributed by atoms with Gasteiger partial charge in [0.25, 0.3) is 0 Å². The molecule has 0 radical (unpaired) electrons. The summed E-state index contributed by atoms with van der Waals surface area (Å²) in [5.74, 6) is 1.15. The van der Waals surface area contributed by atoms with Gasteiger partial charge in [0.15, 0.2) is 0 Å². The minimum absolute atomic E-state index is 0.235. The molecule has 2 heteroatoms. The van der Waals surface area contributed by atoms with E-state index in [4.69, 9.17) is 0 Å². The molecule has 1 atom stereocenters. The zero-order valence-electron chi connectivity index (χ0n) is 8.60. The Balaban J connectivity index is 1.96. The van der Waals surface area contributed by atoms with Gasteiger partial charge in [-0.15, -0.1) is 0 Å². The molecule has 0 bridgehead atoms. The van der Waals surface area contributed by atoms with Gasteiger partial charge in [0, 0.05) is 11.8 Å². The van der Waals surface area contributed by atoms with Crippen LogP contribution in [0.2, 0.25) is 0 Å². The molecule has 0 aromatic heterocycles. The molecule has 1 saturated heterocycles. The quantitative estimate of drug-likeness (QED) is 0.701. The van der Waals surface area contributed by atoms with Crippen molar-refractivity contribution in [3.05, 3.63) is 0 Å². The molecule has 1 spiro atoms. The van der Waals surface area contributed by atoms with Crippen molar-refractivity contribution in [1.29, 1.82) is 0 Å². The first-order valence-electron chi connectivity index (χ1n) is 5.40. The van der Waals surface area contributed by atoms with Gasteiger partial charge in [-0.1, -0.05) is 13.8 Å². The lowest BCUT2D eigenvalue weighted by molar-refractivity contribution is -0.124. The lowest BCUT2D eigenvalue weighted by Crippen LogP contribution is -2.31. The van der Waals surface area contributed by atoms with E-state index in [9.17, 15) is 4.79 Å². The maximum atomic E-state index is 11.8. The molecule has 0 amide bonds. The van der Waals surface area contributed by atoms with Crippen LogP contribution in [-0.4, -0.2) is 18.9 Å². The van der Waals surface area contributed by atoms with Crippen molar-refractivity contribution in [2.45, 2.75) is 33.1 Å². The van der Waals surface area contributed by atoms with Gasteiger partial charge < -0.3 is 5.32 Å². The number of Topliss-reactive ketones (excluding diaryl/α,β-unsaturated/α-hetero) is 1.